The highest BCUT2D eigenvalue weighted by Crippen LogP contribution is 2.22. The molecule has 7 heteroatoms. The first-order valence-electron chi connectivity index (χ1n) is 5.26. The van der Waals surface area contributed by atoms with E-state index in [1.807, 2.05) is 0 Å². The molecule has 1 aromatic heterocycles. The molecule has 0 amide bonds. The number of hydrogen-bond donors (Lipinski definition) is 2. The van der Waals surface area contributed by atoms with Crippen LogP contribution in [0.4, 0.5) is 4.39 Å². The molecule has 96 valence electrons. The van der Waals surface area contributed by atoms with E-state index in [9.17, 15) is 4.39 Å². The molecule has 0 aliphatic heterocycles. The van der Waals surface area contributed by atoms with Crippen molar-refractivity contribution < 1.29 is 14.0 Å². The lowest BCUT2D eigenvalue weighted by Gasteiger charge is -1.99. The van der Waals surface area contributed by atoms with Crippen molar-refractivity contribution >= 4 is 11.8 Å². The van der Waals surface area contributed by atoms with E-state index in [-0.39, 0.29) is 18.3 Å². The first kappa shape index (κ1) is 13.0. The van der Waals surface area contributed by atoms with Gasteiger partial charge in [-0.3, -0.25) is 0 Å². The largest absolute Gasteiger partial charge is 0.394 e. The maximum absolute atomic E-state index is 12.9. The molecule has 2 aromatic rings. The molecular formula is C11H12FN3O2S. The standard InChI is InChI=1S/C11H12FN3O2S/c12-7-2-1-3-8(4-7)18-6-10-14-11(17-15-10)9(13)5-16/h1-4,9,16H,5-6,13H2/t9-/m0/s1. The molecule has 0 unspecified atom stereocenters. The Bertz CT molecular complexity index is 520. The van der Waals surface area contributed by atoms with E-state index in [0.717, 1.165) is 4.90 Å². The summed E-state index contributed by atoms with van der Waals surface area (Å²) in [4.78, 5) is 4.83. The third-order valence-electron chi connectivity index (χ3n) is 2.16. The normalized spacial score (nSPS) is 12.6. The maximum atomic E-state index is 12.9. The van der Waals surface area contributed by atoms with Gasteiger partial charge in [-0.05, 0) is 18.2 Å². The van der Waals surface area contributed by atoms with Crippen LogP contribution in [0.15, 0.2) is 33.7 Å². The Morgan fingerprint density at radius 3 is 3.06 bits per heavy atom. The van der Waals surface area contributed by atoms with Gasteiger partial charge in [0.05, 0.1) is 12.4 Å². The fraction of sp³-hybridized carbons (Fsp3) is 0.273. The summed E-state index contributed by atoms with van der Waals surface area (Å²) in [6.07, 6.45) is 0. The van der Waals surface area contributed by atoms with Gasteiger partial charge in [-0.25, -0.2) is 4.39 Å². The van der Waals surface area contributed by atoms with Crippen LogP contribution in [0.2, 0.25) is 0 Å². The summed E-state index contributed by atoms with van der Waals surface area (Å²) < 4.78 is 17.8. The lowest BCUT2D eigenvalue weighted by molar-refractivity contribution is 0.236. The molecule has 1 heterocycles. The summed E-state index contributed by atoms with van der Waals surface area (Å²) in [6.45, 7) is -0.251. The molecular weight excluding hydrogens is 257 g/mol. The highest BCUT2D eigenvalue weighted by molar-refractivity contribution is 7.98. The number of thioether (sulfide) groups is 1. The molecule has 0 aliphatic carbocycles. The van der Waals surface area contributed by atoms with Gasteiger partial charge in [0.15, 0.2) is 5.82 Å². The van der Waals surface area contributed by atoms with Crippen molar-refractivity contribution in [1.82, 2.24) is 10.1 Å². The van der Waals surface area contributed by atoms with Gasteiger partial charge < -0.3 is 15.4 Å². The summed E-state index contributed by atoms with van der Waals surface area (Å²) in [5.74, 6) is 0.831. The first-order valence-corrected chi connectivity index (χ1v) is 6.25. The van der Waals surface area contributed by atoms with Crippen LogP contribution in [-0.4, -0.2) is 21.9 Å². The minimum Gasteiger partial charge on any atom is -0.394 e. The Kier molecular flexibility index (Phi) is 4.29. The smallest absolute Gasteiger partial charge is 0.245 e. The number of halogens is 1. The SMILES string of the molecule is N[C@@H](CO)c1nc(CSc2cccc(F)c2)no1. The maximum Gasteiger partial charge on any atom is 0.245 e. The predicted octanol–water partition coefficient (Wildman–Crippen LogP) is 1.49. The van der Waals surface area contributed by atoms with Crippen molar-refractivity contribution in [2.24, 2.45) is 5.73 Å². The van der Waals surface area contributed by atoms with Crippen LogP contribution in [-0.2, 0) is 5.75 Å². The Labute approximate surface area is 107 Å². The van der Waals surface area contributed by atoms with Gasteiger partial charge in [0.2, 0.25) is 5.89 Å². The van der Waals surface area contributed by atoms with Gasteiger partial charge in [0.1, 0.15) is 11.9 Å². The number of aliphatic hydroxyl groups excluding tert-OH is 1. The average molecular weight is 269 g/mol. The monoisotopic (exact) mass is 269 g/mol. The summed E-state index contributed by atoms with van der Waals surface area (Å²) >= 11 is 1.39. The number of rotatable bonds is 5. The number of nitrogens with two attached hydrogens (primary N) is 1. The zero-order valence-corrected chi connectivity index (χ0v) is 10.2. The molecule has 1 atom stereocenters. The molecule has 0 radical (unpaired) electrons. The summed E-state index contributed by atoms with van der Waals surface area (Å²) in [5.41, 5.74) is 5.53. The van der Waals surface area contributed by atoms with Gasteiger partial charge in [-0.2, -0.15) is 4.98 Å². The predicted molar refractivity (Wildman–Crippen MR) is 64.3 cm³/mol. The average Bonchev–Trinajstić information content (AvgIpc) is 2.84. The Hall–Kier alpha value is -1.44. The van der Waals surface area contributed by atoms with Gasteiger partial charge in [0, 0.05) is 4.90 Å². The third kappa shape index (κ3) is 3.28. The van der Waals surface area contributed by atoms with Crippen LogP contribution >= 0.6 is 11.8 Å². The topological polar surface area (TPSA) is 85.2 Å². The lowest BCUT2D eigenvalue weighted by Crippen LogP contribution is -2.14. The van der Waals surface area contributed by atoms with Gasteiger partial charge in [-0.1, -0.05) is 11.2 Å². The molecule has 0 spiro atoms. The van der Waals surface area contributed by atoms with Crippen molar-refractivity contribution in [3.8, 4) is 0 Å². The Morgan fingerprint density at radius 2 is 2.33 bits per heavy atom. The van der Waals surface area contributed by atoms with Crippen molar-refractivity contribution in [3.05, 3.63) is 41.8 Å². The van der Waals surface area contributed by atoms with Crippen molar-refractivity contribution in [1.29, 1.82) is 0 Å². The van der Waals surface area contributed by atoms with Crippen molar-refractivity contribution in [3.63, 3.8) is 0 Å². The van der Waals surface area contributed by atoms with E-state index in [0.29, 0.717) is 11.6 Å². The van der Waals surface area contributed by atoms with Crippen molar-refractivity contribution in [2.75, 3.05) is 6.61 Å². The second kappa shape index (κ2) is 5.94. The van der Waals surface area contributed by atoms with Crippen LogP contribution in [0.3, 0.4) is 0 Å². The lowest BCUT2D eigenvalue weighted by atomic mass is 10.3. The van der Waals surface area contributed by atoms with Crippen LogP contribution in [0.5, 0.6) is 0 Å². The van der Waals surface area contributed by atoms with Crippen LogP contribution in [0, 0.1) is 5.82 Å². The van der Waals surface area contributed by atoms with Crippen LogP contribution in [0.25, 0.3) is 0 Å². The number of aliphatic hydroxyl groups is 1. The molecule has 0 aliphatic rings. The van der Waals surface area contributed by atoms with E-state index >= 15 is 0 Å². The summed E-state index contributed by atoms with van der Waals surface area (Å²) in [5, 5.41) is 12.6. The Balaban J connectivity index is 1.96. The highest BCUT2D eigenvalue weighted by atomic mass is 32.2. The fourth-order valence-corrected chi connectivity index (χ4v) is 2.04. The molecule has 1 aromatic carbocycles. The van der Waals surface area contributed by atoms with Crippen LogP contribution < -0.4 is 5.73 Å². The first-order chi connectivity index (χ1) is 8.69. The van der Waals surface area contributed by atoms with Gasteiger partial charge in [-0.15, -0.1) is 11.8 Å². The number of benzene rings is 1. The molecule has 3 N–H and O–H groups in total. The van der Waals surface area contributed by atoms with Gasteiger partial charge >= 0.3 is 0 Å². The van der Waals surface area contributed by atoms with E-state index in [1.54, 1.807) is 12.1 Å². The second-order valence-corrected chi connectivity index (χ2v) is 4.63. The zero-order valence-electron chi connectivity index (χ0n) is 9.41. The van der Waals surface area contributed by atoms with Crippen LogP contribution in [0.1, 0.15) is 17.8 Å². The minimum atomic E-state index is -0.662. The summed E-state index contributed by atoms with van der Waals surface area (Å²) in [7, 11) is 0. The van der Waals surface area contributed by atoms with E-state index < -0.39 is 6.04 Å². The minimum absolute atomic E-state index is 0.201. The molecule has 0 saturated carbocycles. The van der Waals surface area contributed by atoms with E-state index in [2.05, 4.69) is 10.1 Å². The number of hydrogen-bond acceptors (Lipinski definition) is 6. The molecule has 5 nitrogen and oxygen atoms in total. The molecule has 0 bridgehead atoms. The third-order valence-corrected chi connectivity index (χ3v) is 3.15. The summed E-state index contributed by atoms with van der Waals surface area (Å²) in [6, 6.07) is 5.60. The van der Waals surface area contributed by atoms with Crippen molar-refractivity contribution in [2.45, 2.75) is 16.7 Å². The van der Waals surface area contributed by atoms with E-state index in [4.69, 9.17) is 15.4 Å². The highest BCUT2D eigenvalue weighted by Gasteiger charge is 2.13. The molecule has 0 fully saturated rings. The zero-order chi connectivity index (χ0) is 13.0. The number of aromatic nitrogens is 2. The number of nitrogens with zero attached hydrogens (tertiary/aromatic N) is 2. The molecule has 0 saturated heterocycles. The van der Waals surface area contributed by atoms with E-state index in [1.165, 1.54) is 23.9 Å². The molecule has 18 heavy (non-hydrogen) atoms. The quantitative estimate of drug-likeness (QED) is 0.800. The van der Waals surface area contributed by atoms with Gasteiger partial charge in [0.25, 0.3) is 0 Å². The fourth-order valence-electron chi connectivity index (χ4n) is 1.26. The second-order valence-electron chi connectivity index (χ2n) is 3.58. The Morgan fingerprint density at radius 1 is 1.50 bits per heavy atom. The molecule has 2 rings (SSSR count).